The number of rotatable bonds is 6. The summed E-state index contributed by atoms with van der Waals surface area (Å²) in [7, 11) is 1.71. The van der Waals surface area contributed by atoms with Crippen molar-refractivity contribution >= 4 is 11.8 Å². The molecule has 6 nitrogen and oxygen atoms in total. The Morgan fingerprint density at radius 2 is 1.92 bits per heavy atom. The van der Waals surface area contributed by atoms with Gasteiger partial charge in [0, 0.05) is 51.5 Å². The lowest BCUT2D eigenvalue weighted by Crippen LogP contribution is -2.51. The van der Waals surface area contributed by atoms with E-state index in [9.17, 15) is 9.59 Å². The quantitative estimate of drug-likeness (QED) is 0.772. The smallest absolute Gasteiger partial charge is 0.248 e. The molecule has 0 aliphatic carbocycles. The molecule has 0 radical (unpaired) electrons. The van der Waals surface area contributed by atoms with Crippen molar-refractivity contribution in [1.29, 1.82) is 0 Å². The SMILES string of the molecule is COC[C@@]12CCN(C(=O)COCc3ccccc3)C[C@@H]1CN(C(C)=O)C2. The maximum Gasteiger partial charge on any atom is 0.248 e. The zero-order valence-electron chi connectivity index (χ0n) is 15.6. The first-order chi connectivity index (χ1) is 12.5. The van der Waals surface area contributed by atoms with Gasteiger partial charge in [-0.3, -0.25) is 9.59 Å². The van der Waals surface area contributed by atoms with E-state index in [1.807, 2.05) is 40.1 Å². The number of amides is 2. The number of fused-ring (bicyclic) bond motifs is 1. The van der Waals surface area contributed by atoms with Gasteiger partial charge in [-0.2, -0.15) is 0 Å². The van der Waals surface area contributed by atoms with E-state index < -0.39 is 0 Å². The largest absolute Gasteiger partial charge is 0.384 e. The maximum absolute atomic E-state index is 12.5. The van der Waals surface area contributed by atoms with E-state index in [0.29, 0.717) is 32.8 Å². The van der Waals surface area contributed by atoms with Crippen LogP contribution in [0.5, 0.6) is 0 Å². The van der Waals surface area contributed by atoms with Crippen LogP contribution in [0.1, 0.15) is 18.9 Å². The van der Waals surface area contributed by atoms with Crippen molar-refractivity contribution < 1.29 is 19.1 Å². The average Bonchev–Trinajstić information content (AvgIpc) is 3.01. The molecule has 0 spiro atoms. The Hall–Kier alpha value is -1.92. The Kier molecular flexibility index (Phi) is 5.94. The Morgan fingerprint density at radius 3 is 2.62 bits per heavy atom. The van der Waals surface area contributed by atoms with Gasteiger partial charge in [-0.1, -0.05) is 30.3 Å². The molecule has 0 N–H and O–H groups in total. The number of nitrogens with zero attached hydrogens (tertiary/aromatic N) is 2. The predicted molar refractivity (Wildman–Crippen MR) is 97.3 cm³/mol. The molecule has 2 amide bonds. The Labute approximate surface area is 155 Å². The maximum atomic E-state index is 12.5. The van der Waals surface area contributed by atoms with E-state index in [-0.39, 0.29) is 29.8 Å². The summed E-state index contributed by atoms with van der Waals surface area (Å²) in [5, 5.41) is 0. The van der Waals surface area contributed by atoms with Gasteiger partial charge in [0.2, 0.25) is 11.8 Å². The summed E-state index contributed by atoms with van der Waals surface area (Å²) in [6.07, 6.45) is 0.861. The second-order valence-corrected chi connectivity index (χ2v) is 7.46. The molecule has 2 aliphatic heterocycles. The molecule has 2 heterocycles. The Morgan fingerprint density at radius 1 is 1.19 bits per heavy atom. The summed E-state index contributed by atoms with van der Waals surface area (Å²) in [4.78, 5) is 28.1. The summed E-state index contributed by atoms with van der Waals surface area (Å²) in [6.45, 7) is 5.57. The van der Waals surface area contributed by atoms with E-state index >= 15 is 0 Å². The second-order valence-electron chi connectivity index (χ2n) is 7.46. The topological polar surface area (TPSA) is 59.1 Å². The van der Waals surface area contributed by atoms with Crippen LogP contribution in [0.4, 0.5) is 0 Å². The molecule has 6 heteroatoms. The molecule has 3 rings (SSSR count). The standard InChI is InChI=1S/C20H28N2O4/c1-16(23)22-11-18-10-21(9-8-20(18,14-22)15-25-2)19(24)13-26-12-17-6-4-3-5-7-17/h3-7,18H,8-15H2,1-2H3/t18-,20+/m1/s1. The molecule has 2 aliphatic rings. The summed E-state index contributed by atoms with van der Waals surface area (Å²) < 4.78 is 11.1. The van der Waals surface area contributed by atoms with Gasteiger partial charge >= 0.3 is 0 Å². The van der Waals surface area contributed by atoms with Crippen molar-refractivity contribution in [3.05, 3.63) is 35.9 Å². The Bertz CT molecular complexity index is 636. The van der Waals surface area contributed by atoms with Crippen molar-refractivity contribution in [1.82, 2.24) is 9.80 Å². The molecule has 142 valence electrons. The molecule has 1 aromatic carbocycles. The fourth-order valence-electron chi connectivity index (χ4n) is 4.19. The third kappa shape index (κ3) is 4.07. The molecule has 0 saturated carbocycles. The molecule has 26 heavy (non-hydrogen) atoms. The van der Waals surface area contributed by atoms with Crippen LogP contribution in [-0.4, -0.2) is 68.1 Å². The first-order valence-electron chi connectivity index (χ1n) is 9.18. The number of hydrogen-bond donors (Lipinski definition) is 0. The van der Waals surface area contributed by atoms with Gasteiger partial charge in [-0.15, -0.1) is 0 Å². The second kappa shape index (κ2) is 8.18. The van der Waals surface area contributed by atoms with Crippen molar-refractivity contribution in [2.24, 2.45) is 11.3 Å². The van der Waals surface area contributed by atoms with Gasteiger partial charge in [0.1, 0.15) is 6.61 Å². The molecule has 2 fully saturated rings. The minimum Gasteiger partial charge on any atom is -0.384 e. The van der Waals surface area contributed by atoms with Gasteiger partial charge in [0.25, 0.3) is 0 Å². The van der Waals surface area contributed by atoms with Gasteiger partial charge in [0.15, 0.2) is 0 Å². The zero-order valence-corrected chi connectivity index (χ0v) is 15.6. The van der Waals surface area contributed by atoms with Crippen LogP contribution in [0.3, 0.4) is 0 Å². The number of carbonyl (C=O) groups is 2. The van der Waals surface area contributed by atoms with Crippen LogP contribution in [0.2, 0.25) is 0 Å². The zero-order chi connectivity index (χ0) is 18.6. The molecule has 0 bridgehead atoms. The lowest BCUT2D eigenvalue weighted by molar-refractivity contribution is -0.141. The number of piperidine rings is 1. The number of carbonyl (C=O) groups excluding carboxylic acids is 2. The number of methoxy groups -OCH3 is 1. The monoisotopic (exact) mass is 360 g/mol. The highest BCUT2D eigenvalue weighted by Crippen LogP contribution is 2.43. The van der Waals surface area contributed by atoms with Gasteiger partial charge in [-0.25, -0.2) is 0 Å². The lowest BCUT2D eigenvalue weighted by Gasteiger charge is -2.42. The molecule has 0 aromatic heterocycles. The van der Waals surface area contributed by atoms with Gasteiger partial charge in [-0.05, 0) is 12.0 Å². The van der Waals surface area contributed by atoms with Crippen molar-refractivity contribution in [2.45, 2.75) is 20.0 Å². The molecular formula is C20H28N2O4. The van der Waals surface area contributed by atoms with Crippen molar-refractivity contribution in [2.75, 3.05) is 46.5 Å². The number of ether oxygens (including phenoxy) is 2. The summed E-state index contributed by atoms with van der Waals surface area (Å²) in [5.74, 6) is 0.380. The van der Waals surface area contributed by atoms with E-state index in [1.165, 1.54) is 0 Å². The molecule has 0 unspecified atom stereocenters. The van der Waals surface area contributed by atoms with Crippen molar-refractivity contribution in [3.8, 4) is 0 Å². The van der Waals surface area contributed by atoms with Gasteiger partial charge < -0.3 is 19.3 Å². The first-order valence-corrected chi connectivity index (χ1v) is 9.18. The Balaban J connectivity index is 1.54. The van der Waals surface area contributed by atoms with Crippen LogP contribution in [0, 0.1) is 11.3 Å². The first kappa shape index (κ1) is 18.9. The number of likely N-dealkylation sites (tertiary alicyclic amines) is 2. The van der Waals surface area contributed by atoms with Crippen LogP contribution in [-0.2, 0) is 25.7 Å². The highest BCUT2D eigenvalue weighted by molar-refractivity contribution is 5.78. The third-order valence-electron chi connectivity index (χ3n) is 5.70. The fourth-order valence-corrected chi connectivity index (χ4v) is 4.19. The van der Waals surface area contributed by atoms with E-state index in [4.69, 9.17) is 9.47 Å². The summed E-state index contributed by atoms with van der Waals surface area (Å²) in [6, 6.07) is 9.85. The molecule has 1 aromatic rings. The van der Waals surface area contributed by atoms with Crippen LogP contribution in [0.25, 0.3) is 0 Å². The minimum atomic E-state index is -0.0257. The van der Waals surface area contributed by atoms with Crippen molar-refractivity contribution in [3.63, 3.8) is 0 Å². The highest BCUT2D eigenvalue weighted by Gasteiger charge is 2.50. The minimum absolute atomic E-state index is 0.0215. The fraction of sp³-hybridized carbons (Fsp3) is 0.600. The molecule has 2 atom stereocenters. The third-order valence-corrected chi connectivity index (χ3v) is 5.70. The summed E-state index contributed by atoms with van der Waals surface area (Å²) in [5.41, 5.74) is 1.04. The lowest BCUT2D eigenvalue weighted by atomic mass is 9.73. The predicted octanol–water partition coefficient (Wildman–Crippen LogP) is 1.55. The number of hydrogen-bond acceptors (Lipinski definition) is 4. The highest BCUT2D eigenvalue weighted by atomic mass is 16.5. The van der Waals surface area contributed by atoms with Gasteiger partial charge in [0.05, 0.1) is 13.2 Å². The molecular weight excluding hydrogens is 332 g/mol. The van der Waals surface area contributed by atoms with E-state index in [0.717, 1.165) is 18.5 Å². The van der Waals surface area contributed by atoms with E-state index in [1.54, 1.807) is 14.0 Å². The average molecular weight is 360 g/mol. The number of benzene rings is 1. The molecule has 2 saturated heterocycles. The van der Waals surface area contributed by atoms with Crippen LogP contribution < -0.4 is 0 Å². The van der Waals surface area contributed by atoms with E-state index in [2.05, 4.69) is 0 Å². The van der Waals surface area contributed by atoms with Crippen LogP contribution in [0.15, 0.2) is 30.3 Å². The summed E-state index contributed by atoms with van der Waals surface area (Å²) >= 11 is 0. The normalized spacial score (nSPS) is 25.2. The van der Waals surface area contributed by atoms with Crippen LogP contribution >= 0.6 is 0 Å².